The van der Waals surface area contributed by atoms with Gasteiger partial charge in [-0.3, -0.25) is 19.2 Å². The van der Waals surface area contributed by atoms with Crippen LogP contribution in [0.2, 0.25) is 0 Å². The van der Waals surface area contributed by atoms with Crippen LogP contribution in [0.4, 0.5) is 11.4 Å². The van der Waals surface area contributed by atoms with E-state index in [1.807, 2.05) is 6.92 Å². The van der Waals surface area contributed by atoms with Crippen molar-refractivity contribution in [2.24, 2.45) is 0 Å². The van der Waals surface area contributed by atoms with E-state index in [0.29, 0.717) is 17.1 Å². The van der Waals surface area contributed by atoms with Crippen LogP contribution < -0.4 is 19.1 Å². The molecule has 0 fully saturated rings. The highest BCUT2D eigenvalue weighted by atomic mass is 32.2. The lowest BCUT2D eigenvalue weighted by molar-refractivity contribution is -0.384. The molecule has 2 rings (SSSR count). The van der Waals surface area contributed by atoms with Crippen LogP contribution in [0, 0.1) is 17.0 Å². The minimum absolute atomic E-state index is 0.00508. The second-order valence-electron chi connectivity index (χ2n) is 7.56. The van der Waals surface area contributed by atoms with E-state index >= 15 is 0 Å². The number of methoxy groups -OCH3 is 2. The van der Waals surface area contributed by atoms with Gasteiger partial charge >= 0.3 is 0 Å². The zero-order valence-corrected chi connectivity index (χ0v) is 20.1. The number of amides is 1. The molecular weight excluding hydrogens is 450 g/mol. The summed E-state index contributed by atoms with van der Waals surface area (Å²) in [4.78, 5) is 23.1. The molecule has 0 saturated carbocycles. The second kappa shape index (κ2) is 11.0. The van der Waals surface area contributed by atoms with E-state index in [1.54, 1.807) is 32.2 Å². The van der Waals surface area contributed by atoms with Crippen LogP contribution in [0.15, 0.2) is 36.4 Å². The highest BCUT2D eigenvalue weighted by Gasteiger charge is 2.22. The SMILES string of the molecule is COc1ccc(OC)c([C@@H](C)NC(=O)CCCN(c2cc([N+](=O)[O-])ccc2C)S(C)(=O)=O)c1. The fraction of sp³-hybridized carbons (Fsp3) is 0.409. The summed E-state index contributed by atoms with van der Waals surface area (Å²) in [6.45, 7) is 3.49. The molecule has 2 aromatic rings. The number of rotatable bonds is 11. The average molecular weight is 480 g/mol. The largest absolute Gasteiger partial charge is 0.497 e. The van der Waals surface area contributed by atoms with Crippen LogP contribution in [-0.2, 0) is 14.8 Å². The molecule has 0 aromatic heterocycles. The molecule has 33 heavy (non-hydrogen) atoms. The Morgan fingerprint density at radius 3 is 2.45 bits per heavy atom. The number of nitro groups is 1. The van der Waals surface area contributed by atoms with Gasteiger partial charge in [0.1, 0.15) is 11.5 Å². The van der Waals surface area contributed by atoms with E-state index in [0.717, 1.165) is 16.1 Å². The minimum atomic E-state index is -3.72. The van der Waals surface area contributed by atoms with Gasteiger partial charge in [-0.25, -0.2) is 8.42 Å². The first-order valence-corrected chi connectivity index (χ1v) is 12.1. The van der Waals surface area contributed by atoms with Gasteiger partial charge in [-0.05, 0) is 44.0 Å². The lowest BCUT2D eigenvalue weighted by Crippen LogP contribution is -2.33. The summed E-state index contributed by atoms with van der Waals surface area (Å²) in [5.74, 6) is 0.965. The first-order valence-electron chi connectivity index (χ1n) is 10.2. The zero-order valence-electron chi connectivity index (χ0n) is 19.3. The third-order valence-electron chi connectivity index (χ3n) is 5.12. The van der Waals surface area contributed by atoms with E-state index in [2.05, 4.69) is 5.32 Å². The molecule has 0 unspecified atom stereocenters. The number of nitro benzene ring substituents is 1. The number of ether oxygens (including phenoxy) is 2. The number of nitrogens with zero attached hydrogens (tertiary/aromatic N) is 2. The van der Waals surface area contributed by atoms with Crippen molar-refractivity contribution in [3.8, 4) is 11.5 Å². The molecule has 0 heterocycles. The Balaban J connectivity index is 2.09. The molecule has 0 radical (unpaired) electrons. The average Bonchev–Trinajstić information content (AvgIpc) is 2.75. The molecule has 180 valence electrons. The molecule has 10 nitrogen and oxygen atoms in total. The summed E-state index contributed by atoms with van der Waals surface area (Å²) < 4.78 is 36.4. The normalized spacial score (nSPS) is 12.0. The van der Waals surface area contributed by atoms with Crippen LogP contribution in [0.3, 0.4) is 0 Å². The lowest BCUT2D eigenvalue weighted by Gasteiger charge is -2.24. The van der Waals surface area contributed by atoms with Gasteiger partial charge in [0.2, 0.25) is 15.9 Å². The molecule has 0 spiro atoms. The molecule has 1 atom stereocenters. The maximum absolute atomic E-state index is 12.5. The summed E-state index contributed by atoms with van der Waals surface area (Å²) in [6, 6.07) is 8.97. The van der Waals surface area contributed by atoms with Gasteiger partial charge in [-0.1, -0.05) is 6.07 Å². The molecule has 1 N–H and O–H groups in total. The van der Waals surface area contributed by atoms with Crippen LogP contribution in [-0.4, -0.2) is 46.3 Å². The van der Waals surface area contributed by atoms with Crippen LogP contribution in [0.25, 0.3) is 0 Å². The Morgan fingerprint density at radius 1 is 1.18 bits per heavy atom. The quantitative estimate of drug-likeness (QED) is 0.387. The topological polar surface area (TPSA) is 128 Å². The van der Waals surface area contributed by atoms with E-state index in [9.17, 15) is 23.3 Å². The van der Waals surface area contributed by atoms with Crippen LogP contribution >= 0.6 is 0 Å². The van der Waals surface area contributed by atoms with Crippen molar-refractivity contribution in [3.63, 3.8) is 0 Å². The van der Waals surface area contributed by atoms with Gasteiger partial charge in [0, 0.05) is 30.7 Å². The van der Waals surface area contributed by atoms with Gasteiger partial charge < -0.3 is 14.8 Å². The van der Waals surface area contributed by atoms with Crippen LogP contribution in [0.1, 0.15) is 36.9 Å². The number of nitrogens with one attached hydrogen (secondary N) is 1. The minimum Gasteiger partial charge on any atom is -0.497 e. The van der Waals surface area contributed by atoms with Crippen molar-refractivity contribution in [2.75, 3.05) is 31.3 Å². The summed E-state index contributed by atoms with van der Waals surface area (Å²) in [6.07, 6.45) is 1.32. The molecule has 0 bridgehead atoms. The van der Waals surface area contributed by atoms with Gasteiger partial charge in [0.15, 0.2) is 0 Å². The number of aryl methyl sites for hydroxylation is 1. The predicted octanol–water partition coefficient (Wildman–Crippen LogP) is 3.34. The lowest BCUT2D eigenvalue weighted by atomic mass is 10.1. The Hall–Kier alpha value is -3.34. The molecule has 1 amide bonds. The molecule has 0 aliphatic carbocycles. The number of benzene rings is 2. The molecule has 0 aliphatic rings. The van der Waals surface area contributed by atoms with Gasteiger partial charge in [-0.2, -0.15) is 0 Å². The summed E-state index contributed by atoms with van der Waals surface area (Å²) in [5.41, 5.74) is 1.34. The van der Waals surface area contributed by atoms with Crippen molar-refractivity contribution in [3.05, 3.63) is 57.6 Å². The Morgan fingerprint density at radius 2 is 1.88 bits per heavy atom. The molecule has 11 heteroatoms. The van der Waals surface area contributed by atoms with E-state index < -0.39 is 14.9 Å². The van der Waals surface area contributed by atoms with Crippen molar-refractivity contribution in [1.29, 1.82) is 0 Å². The molecular formula is C22H29N3O7S. The number of sulfonamides is 1. The van der Waals surface area contributed by atoms with Crippen LogP contribution in [0.5, 0.6) is 11.5 Å². The summed E-state index contributed by atoms with van der Waals surface area (Å²) in [5, 5.41) is 14.0. The fourth-order valence-corrected chi connectivity index (χ4v) is 4.41. The van der Waals surface area contributed by atoms with Gasteiger partial charge in [0.05, 0.1) is 37.1 Å². The van der Waals surface area contributed by atoms with E-state index in [4.69, 9.17) is 9.47 Å². The predicted molar refractivity (Wildman–Crippen MR) is 125 cm³/mol. The number of carbonyl (C=O) groups is 1. The summed E-state index contributed by atoms with van der Waals surface area (Å²) in [7, 11) is -0.631. The Kier molecular flexibility index (Phi) is 8.63. The van der Waals surface area contributed by atoms with Crippen molar-refractivity contribution < 1.29 is 27.6 Å². The Bertz CT molecular complexity index is 1120. The van der Waals surface area contributed by atoms with Gasteiger partial charge in [-0.15, -0.1) is 0 Å². The summed E-state index contributed by atoms with van der Waals surface area (Å²) >= 11 is 0. The number of anilines is 1. The molecule has 0 aliphatic heterocycles. The smallest absolute Gasteiger partial charge is 0.271 e. The first-order chi connectivity index (χ1) is 15.5. The number of hydrogen-bond donors (Lipinski definition) is 1. The highest BCUT2D eigenvalue weighted by Crippen LogP contribution is 2.30. The third kappa shape index (κ3) is 6.82. The number of non-ortho nitro benzene ring substituents is 1. The van der Waals surface area contributed by atoms with Crippen molar-refractivity contribution in [2.45, 2.75) is 32.7 Å². The second-order valence-corrected chi connectivity index (χ2v) is 9.47. The number of carbonyl (C=O) groups excluding carboxylic acids is 1. The van der Waals surface area contributed by atoms with Gasteiger partial charge in [0.25, 0.3) is 5.69 Å². The van der Waals surface area contributed by atoms with Crippen molar-refractivity contribution >= 4 is 27.3 Å². The third-order valence-corrected chi connectivity index (χ3v) is 6.30. The fourth-order valence-electron chi connectivity index (χ4n) is 3.40. The maximum Gasteiger partial charge on any atom is 0.271 e. The zero-order chi connectivity index (χ0) is 24.8. The first kappa shape index (κ1) is 25.9. The van der Waals surface area contributed by atoms with Crippen molar-refractivity contribution in [1.82, 2.24) is 5.32 Å². The van der Waals surface area contributed by atoms with E-state index in [-0.39, 0.29) is 42.7 Å². The van der Waals surface area contributed by atoms with E-state index in [1.165, 1.54) is 25.3 Å². The highest BCUT2D eigenvalue weighted by molar-refractivity contribution is 7.92. The standard InChI is InChI=1S/C22H29N3O7S/c1-15-8-9-17(25(27)28)13-20(15)24(33(5,29)30)12-6-7-22(26)23-16(2)19-14-18(31-3)10-11-21(19)32-4/h8-11,13-14,16H,6-7,12H2,1-5H3,(H,23,26)/t16-/m1/s1. The Labute approximate surface area is 193 Å². The maximum atomic E-state index is 12.5. The molecule has 2 aromatic carbocycles. The number of hydrogen-bond acceptors (Lipinski definition) is 7. The monoisotopic (exact) mass is 479 g/mol. The molecule has 0 saturated heterocycles.